The fourth-order valence-corrected chi connectivity index (χ4v) is 2.74. The number of benzene rings is 2. The van der Waals surface area contributed by atoms with Crippen LogP contribution in [0, 0.1) is 5.82 Å². The normalized spacial score (nSPS) is 12.0. The summed E-state index contributed by atoms with van der Waals surface area (Å²) in [5, 5.41) is 2.48. The van der Waals surface area contributed by atoms with Gasteiger partial charge in [-0.2, -0.15) is 0 Å². The van der Waals surface area contributed by atoms with E-state index >= 15 is 0 Å². The highest BCUT2D eigenvalue weighted by molar-refractivity contribution is 7.90. The highest BCUT2D eigenvalue weighted by Crippen LogP contribution is 2.26. The topological polar surface area (TPSA) is 63.2 Å². The molecular formula is C17H18FNO3S. The van der Waals surface area contributed by atoms with Crippen LogP contribution in [0.2, 0.25) is 0 Å². The van der Waals surface area contributed by atoms with Gasteiger partial charge in [-0.05, 0) is 37.6 Å². The van der Waals surface area contributed by atoms with Crippen LogP contribution in [0.25, 0.3) is 0 Å². The number of hydrogen-bond donors (Lipinski definition) is 1. The lowest BCUT2D eigenvalue weighted by molar-refractivity contribution is -0.120. The lowest BCUT2D eigenvalue weighted by Gasteiger charge is -2.24. The maximum Gasteiger partial charge on any atom is 0.234 e. The zero-order valence-corrected chi connectivity index (χ0v) is 13.9. The number of rotatable bonds is 4. The fourth-order valence-electron chi connectivity index (χ4n) is 2.10. The summed E-state index contributed by atoms with van der Waals surface area (Å²) < 4.78 is 37.0. The van der Waals surface area contributed by atoms with Gasteiger partial charge in [-0.3, -0.25) is 4.79 Å². The van der Waals surface area contributed by atoms with Crippen LogP contribution in [0.1, 0.15) is 19.4 Å². The van der Waals surface area contributed by atoms with E-state index in [1.54, 1.807) is 13.8 Å². The quantitative estimate of drug-likeness (QED) is 0.873. The summed E-state index contributed by atoms with van der Waals surface area (Å²) in [5.74, 6) is -1.11. The van der Waals surface area contributed by atoms with E-state index in [1.165, 1.54) is 6.07 Å². The Morgan fingerprint density at radius 3 is 2.26 bits per heavy atom. The molecule has 0 bridgehead atoms. The second kappa shape index (κ2) is 6.12. The summed E-state index contributed by atoms with van der Waals surface area (Å²) in [7, 11) is -3.48. The molecule has 0 heterocycles. The molecule has 0 saturated carbocycles. The molecule has 0 atom stereocenters. The standard InChI is InChI=1S/C17H18FNO3S/c1-17(2,12-7-5-4-6-8-12)16(20)19-15-11-13(23(3,21)22)9-10-14(15)18/h4-11H,1-3H3,(H,19,20). The number of sulfone groups is 1. The Kier molecular flexibility index (Phi) is 4.56. The molecule has 6 heteroatoms. The molecule has 0 radical (unpaired) electrons. The summed E-state index contributed by atoms with van der Waals surface area (Å²) in [6.45, 7) is 3.44. The second-order valence-corrected chi connectivity index (χ2v) is 7.87. The second-order valence-electron chi connectivity index (χ2n) is 5.86. The minimum Gasteiger partial charge on any atom is -0.323 e. The van der Waals surface area contributed by atoms with E-state index < -0.39 is 27.0 Å². The maximum absolute atomic E-state index is 13.9. The van der Waals surface area contributed by atoms with Crippen molar-refractivity contribution in [3.05, 3.63) is 59.9 Å². The molecule has 0 fully saturated rings. The van der Waals surface area contributed by atoms with Crippen molar-refractivity contribution in [1.82, 2.24) is 0 Å². The zero-order chi connectivity index (χ0) is 17.3. The van der Waals surface area contributed by atoms with E-state index in [1.807, 2.05) is 30.3 Å². The van der Waals surface area contributed by atoms with Crippen LogP contribution in [0.3, 0.4) is 0 Å². The molecule has 122 valence electrons. The van der Waals surface area contributed by atoms with Crippen molar-refractivity contribution < 1.29 is 17.6 Å². The maximum atomic E-state index is 13.9. The number of halogens is 1. The van der Waals surface area contributed by atoms with Crippen molar-refractivity contribution in [3.8, 4) is 0 Å². The minimum atomic E-state index is -3.48. The molecule has 4 nitrogen and oxygen atoms in total. The predicted molar refractivity (Wildman–Crippen MR) is 87.6 cm³/mol. The summed E-state index contributed by atoms with van der Waals surface area (Å²) in [5.41, 5.74) is -0.270. The molecule has 2 aromatic carbocycles. The van der Waals surface area contributed by atoms with Gasteiger partial charge in [0.1, 0.15) is 5.82 Å². The third-order valence-corrected chi connectivity index (χ3v) is 4.79. The third-order valence-electron chi connectivity index (χ3n) is 3.68. The molecule has 0 aliphatic carbocycles. The van der Waals surface area contributed by atoms with Crippen LogP contribution in [-0.2, 0) is 20.0 Å². The molecule has 2 rings (SSSR count). The van der Waals surface area contributed by atoms with Gasteiger partial charge in [-0.15, -0.1) is 0 Å². The zero-order valence-electron chi connectivity index (χ0n) is 13.1. The summed E-state index contributed by atoms with van der Waals surface area (Å²) in [4.78, 5) is 12.5. The van der Waals surface area contributed by atoms with Crippen molar-refractivity contribution >= 4 is 21.4 Å². The fraction of sp³-hybridized carbons (Fsp3) is 0.235. The third kappa shape index (κ3) is 3.76. The molecule has 0 aromatic heterocycles. The van der Waals surface area contributed by atoms with Crippen LogP contribution < -0.4 is 5.32 Å². The van der Waals surface area contributed by atoms with E-state index in [0.29, 0.717) is 0 Å². The van der Waals surface area contributed by atoms with Gasteiger partial charge in [-0.25, -0.2) is 12.8 Å². The van der Waals surface area contributed by atoms with Crippen LogP contribution in [0.15, 0.2) is 53.4 Å². The van der Waals surface area contributed by atoms with Crippen LogP contribution in [0.4, 0.5) is 10.1 Å². The van der Waals surface area contributed by atoms with E-state index in [9.17, 15) is 17.6 Å². The molecule has 0 aliphatic heterocycles. The van der Waals surface area contributed by atoms with Gasteiger partial charge in [0.25, 0.3) is 0 Å². The van der Waals surface area contributed by atoms with Crippen molar-refractivity contribution in [1.29, 1.82) is 0 Å². The van der Waals surface area contributed by atoms with Crippen molar-refractivity contribution in [2.24, 2.45) is 0 Å². The Morgan fingerprint density at radius 2 is 1.70 bits per heavy atom. The van der Waals surface area contributed by atoms with Crippen molar-refractivity contribution in [2.75, 3.05) is 11.6 Å². The Labute approximate surface area is 135 Å². The van der Waals surface area contributed by atoms with Gasteiger partial charge in [-0.1, -0.05) is 30.3 Å². The van der Waals surface area contributed by atoms with Crippen molar-refractivity contribution in [2.45, 2.75) is 24.2 Å². The number of carbonyl (C=O) groups is 1. The van der Waals surface area contributed by atoms with E-state index in [2.05, 4.69) is 5.32 Å². The first kappa shape index (κ1) is 17.1. The van der Waals surface area contributed by atoms with Gasteiger partial charge in [0.15, 0.2) is 9.84 Å². The first-order valence-electron chi connectivity index (χ1n) is 6.99. The Morgan fingerprint density at radius 1 is 1.09 bits per heavy atom. The first-order chi connectivity index (χ1) is 10.6. The van der Waals surface area contributed by atoms with E-state index in [4.69, 9.17) is 0 Å². The average Bonchev–Trinajstić information content (AvgIpc) is 2.49. The van der Waals surface area contributed by atoms with E-state index in [-0.39, 0.29) is 10.6 Å². The Bertz CT molecular complexity index is 830. The molecule has 23 heavy (non-hydrogen) atoms. The number of amides is 1. The lowest BCUT2D eigenvalue weighted by atomic mass is 9.83. The summed E-state index contributed by atoms with van der Waals surface area (Å²) in [6, 6.07) is 12.4. The summed E-state index contributed by atoms with van der Waals surface area (Å²) >= 11 is 0. The molecule has 0 aliphatic rings. The van der Waals surface area contributed by atoms with Crippen LogP contribution in [-0.4, -0.2) is 20.6 Å². The minimum absolute atomic E-state index is 0.0493. The highest BCUT2D eigenvalue weighted by Gasteiger charge is 2.30. The van der Waals surface area contributed by atoms with Gasteiger partial charge in [0, 0.05) is 6.26 Å². The molecular weight excluding hydrogens is 317 g/mol. The Balaban J connectivity index is 2.34. The lowest BCUT2D eigenvalue weighted by Crippen LogP contribution is -2.35. The number of nitrogens with one attached hydrogen (secondary N) is 1. The highest BCUT2D eigenvalue weighted by atomic mass is 32.2. The van der Waals surface area contributed by atoms with Gasteiger partial charge < -0.3 is 5.32 Å². The average molecular weight is 335 g/mol. The van der Waals surface area contributed by atoms with Crippen molar-refractivity contribution in [3.63, 3.8) is 0 Å². The number of carbonyl (C=O) groups excluding carboxylic acids is 1. The number of hydrogen-bond acceptors (Lipinski definition) is 3. The monoisotopic (exact) mass is 335 g/mol. The molecule has 2 aromatic rings. The predicted octanol–water partition coefficient (Wildman–Crippen LogP) is 3.15. The number of anilines is 1. The van der Waals surface area contributed by atoms with Gasteiger partial charge in [0.05, 0.1) is 16.0 Å². The van der Waals surface area contributed by atoms with Crippen LogP contribution >= 0.6 is 0 Å². The molecule has 0 spiro atoms. The molecule has 0 saturated heterocycles. The Hall–Kier alpha value is -2.21. The van der Waals surface area contributed by atoms with Crippen LogP contribution in [0.5, 0.6) is 0 Å². The SMILES string of the molecule is CC(C)(C(=O)Nc1cc(S(C)(=O)=O)ccc1F)c1ccccc1. The van der Waals surface area contributed by atoms with Gasteiger partial charge >= 0.3 is 0 Å². The largest absolute Gasteiger partial charge is 0.323 e. The first-order valence-corrected chi connectivity index (χ1v) is 8.88. The molecule has 0 unspecified atom stereocenters. The summed E-state index contributed by atoms with van der Waals surface area (Å²) in [6.07, 6.45) is 1.03. The van der Waals surface area contributed by atoms with Gasteiger partial charge in [0.2, 0.25) is 5.91 Å². The molecule has 1 N–H and O–H groups in total. The van der Waals surface area contributed by atoms with E-state index in [0.717, 1.165) is 24.0 Å². The smallest absolute Gasteiger partial charge is 0.234 e. The molecule has 1 amide bonds.